The molecule has 1 aliphatic heterocycles. The Kier molecular flexibility index (Phi) is 5.81. The lowest BCUT2D eigenvalue weighted by Gasteiger charge is -2.35. The van der Waals surface area contributed by atoms with Crippen LogP contribution in [0.25, 0.3) is 0 Å². The predicted molar refractivity (Wildman–Crippen MR) is 91.1 cm³/mol. The molecule has 2 N–H and O–H groups in total. The number of aryl methyl sites for hydroxylation is 1. The van der Waals surface area contributed by atoms with Crippen LogP contribution in [-0.2, 0) is 11.8 Å². The lowest BCUT2D eigenvalue weighted by Crippen LogP contribution is -2.45. The summed E-state index contributed by atoms with van der Waals surface area (Å²) in [7, 11) is 1.88. The third-order valence-electron chi connectivity index (χ3n) is 5.86. The minimum absolute atomic E-state index is 0.0103. The highest BCUT2D eigenvalue weighted by molar-refractivity contribution is 5.79. The molecule has 1 saturated carbocycles. The molecule has 1 atom stereocenters. The molecule has 0 aromatic carbocycles. The van der Waals surface area contributed by atoms with Crippen molar-refractivity contribution in [3.05, 3.63) is 5.82 Å². The van der Waals surface area contributed by atoms with Crippen LogP contribution in [0.15, 0.2) is 0 Å². The smallest absolute Gasteiger partial charge is 0.227 e. The van der Waals surface area contributed by atoms with E-state index in [9.17, 15) is 4.79 Å². The first-order valence-corrected chi connectivity index (χ1v) is 9.41. The van der Waals surface area contributed by atoms with Gasteiger partial charge in [0.1, 0.15) is 0 Å². The summed E-state index contributed by atoms with van der Waals surface area (Å²) in [5, 5.41) is 11.8. The molecule has 1 aromatic heterocycles. The number of carbonyl (C=O) groups is 1. The first-order valence-electron chi connectivity index (χ1n) is 9.41. The summed E-state index contributed by atoms with van der Waals surface area (Å²) in [4.78, 5) is 15.0. The van der Waals surface area contributed by atoms with Crippen LogP contribution in [0.4, 0.5) is 0 Å². The molecule has 0 radical (unpaired) electrons. The lowest BCUT2D eigenvalue weighted by molar-refractivity contribution is -0.138. The highest BCUT2D eigenvalue weighted by atomic mass is 16.2. The highest BCUT2D eigenvalue weighted by Gasteiger charge is 2.33. The van der Waals surface area contributed by atoms with Gasteiger partial charge in [-0.05, 0) is 42.0 Å². The van der Waals surface area contributed by atoms with Gasteiger partial charge in [-0.1, -0.05) is 25.7 Å². The normalized spacial score (nSPS) is 22.3. The zero-order valence-electron chi connectivity index (χ0n) is 14.7. The van der Waals surface area contributed by atoms with Crippen LogP contribution in [0.5, 0.6) is 0 Å². The van der Waals surface area contributed by atoms with E-state index in [0.29, 0.717) is 18.4 Å². The van der Waals surface area contributed by atoms with Crippen molar-refractivity contribution in [2.75, 3.05) is 19.6 Å². The minimum atomic E-state index is 0.0103. The molecule has 7 nitrogen and oxygen atoms in total. The summed E-state index contributed by atoms with van der Waals surface area (Å²) in [6.45, 7) is 2.07. The molecule has 1 unspecified atom stereocenters. The van der Waals surface area contributed by atoms with Gasteiger partial charge in [-0.3, -0.25) is 4.79 Å². The van der Waals surface area contributed by atoms with Crippen molar-refractivity contribution in [3.8, 4) is 0 Å². The molecule has 7 heteroatoms. The third kappa shape index (κ3) is 3.77. The van der Waals surface area contributed by atoms with Crippen molar-refractivity contribution in [1.82, 2.24) is 25.1 Å². The maximum atomic E-state index is 13.0. The van der Waals surface area contributed by atoms with Crippen molar-refractivity contribution in [3.63, 3.8) is 0 Å². The number of hydrogen-bond donors (Lipinski definition) is 1. The maximum Gasteiger partial charge on any atom is 0.227 e. The molecule has 1 saturated heterocycles. The van der Waals surface area contributed by atoms with E-state index in [1.54, 1.807) is 4.68 Å². The van der Waals surface area contributed by atoms with Gasteiger partial charge >= 0.3 is 0 Å². The van der Waals surface area contributed by atoms with Gasteiger partial charge in [-0.2, -0.15) is 0 Å². The molecular formula is C17H30N6O. The van der Waals surface area contributed by atoms with E-state index >= 15 is 0 Å². The van der Waals surface area contributed by atoms with Gasteiger partial charge in [0.2, 0.25) is 5.91 Å². The number of tetrazole rings is 1. The van der Waals surface area contributed by atoms with E-state index < -0.39 is 0 Å². The number of carbonyl (C=O) groups excluding carboxylic acids is 1. The van der Waals surface area contributed by atoms with Crippen LogP contribution in [0, 0.1) is 11.8 Å². The molecular weight excluding hydrogens is 304 g/mol. The van der Waals surface area contributed by atoms with Crippen LogP contribution >= 0.6 is 0 Å². The molecule has 1 aliphatic carbocycles. The van der Waals surface area contributed by atoms with Crippen LogP contribution in [0.1, 0.15) is 63.1 Å². The predicted octanol–water partition coefficient (Wildman–Crippen LogP) is 1.46. The Morgan fingerprint density at radius 2 is 1.83 bits per heavy atom. The van der Waals surface area contributed by atoms with E-state index in [4.69, 9.17) is 5.73 Å². The summed E-state index contributed by atoms with van der Waals surface area (Å²) < 4.78 is 1.75. The van der Waals surface area contributed by atoms with Crippen LogP contribution in [-0.4, -0.2) is 50.6 Å². The van der Waals surface area contributed by atoms with E-state index in [2.05, 4.69) is 15.5 Å². The fourth-order valence-electron chi connectivity index (χ4n) is 4.38. The summed E-state index contributed by atoms with van der Waals surface area (Å²) in [6, 6.07) is 0. The molecule has 1 aromatic rings. The van der Waals surface area contributed by atoms with Crippen molar-refractivity contribution >= 4 is 5.91 Å². The lowest BCUT2D eigenvalue weighted by atomic mass is 9.84. The minimum Gasteiger partial charge on any atom is -0.342 e. The number of aromatic nitrogens is 4. The largest absolute Gasteiger partial charge is 0.342 e. The molecule has 2 heterocycles. The molecule has 134 valence electrons. The van der Waals surface area contributed by atoms with Crippen molar-refractivity contribution in [2.24, 2.45) is 24.6 Å². The topological polar surface area (TPSA) is 89.9 Å². The Balaban J connectivity index is 1.58. The van der Waals surface area contributed by atoms with Crippen molar-refractivity contribution < 1.29 is 4.79 Å². The van der Waals surface area contributed by atoms with Gasteiger partial charge in [-0.25, -0.2) is 4.68 Å². The zero-order chi connectivity index (χ0) is 16.9. The number of hydrogen-bond acceptors (Lipinski definition) is 5. The van der Waals surface area contributed by atoms with Gasteiger partial charge in [0.05, 0.1) is 5.92 Å². The van der Waals surface area contributed by atoms with Crippen LogP contribution < -0.4 is 5.73 Å². The molecule has 2 fully saturated rings. The number of amides is 1. The second kappa shape index (κ2) is 8.05. The Morgan fingerprint density at radius 1 is 1.17 bits per heavy atom. The number of piperidine rings is 1. The Labute approximate surface area is 144 Å². The fraction of sp³-hybridized carbons (Fsp3) is 0.882. The number of nitrogens with two attached hydrogens (primary N) is 1. The van der Waals surface area contributed by atoms with Gasteiger partial charge < -0.3 is 10.6 Å². The summed E-state index contributed by atoms with van der Waals surface area (Å²) in [6.07, 6.45) is 9.29. The first-order chi connectivity index (χ1) is 11.7. The van der Waals surface area contributed by atoms with E-state index in [-0.39, 0.29) is 11.8 Å². The SMILES string of the molecule is Cn1nnnc1C1CCN(C(=O)C(CN)C2CCCCCC2)CC1. The second-order valence-corrected chi connectivity index (χ2v) is 7.35. The van der Waals surface area contributed by atoms with E-state index in [1.165, 1.54) is 25.7 Å². The standard InChI is InChI=1S/C17H30N6O/c1-22-16(19-20-21-22)14-8-10-23(11-9-14)17(24)15(12-18)13-6-4-2-3-5-7-13/h13-15H,2-12,18H2,1H3. The van der Waals surface area contributed by atoms with Gasteiger partial charge in [0.15, 0.2) is 5.82 Å². The first kappa shape index (κ1) is 17.3. The number of nitrogens with zero attached hydrogens (tertiary/aromatic N) is 5. The molecule has 1 amide bonds. The van der Waals surface area contributed by atoms with E-state index in [1.807, 2.05) is 11.9 Å². The quantitative estimate of drug-likeness (QED) is 0.842. The molecule has 2 aliphatic rings. The van der Waals surface area contributed by atoms with Gasteiger partial charge in [0.25, 0.3) is 0 Å². The third-order valence-corrected chi connectivity index (χ3v) is 5.86. The molecule has 3 rings (SSSR count). The van der Waals surface area contributed by atoms with Gasteiger partial charge in [-0.15, -0.1) is 5.10 Å². The molecule has 0 bridgehead atoms. The fourth-order valence-corrected chi connectivity index (χ4v) is 4.38. The van der Waals surface area contributed by atoms with E-state index in [0.717, 1.165) is 44.6 Å². The second-order valence-electron chi connectivity index (χ2n) is 7.35. The average Bonchev–Trinajstić information content (AvgIpc) is 2.86. The maximum absolute atomic E-state index is 13.0. The Morgan fingerprint density at radius 3 is 2.38 bits per heavy atom. The molecule has 24 heavy (non-hydrogen) atoms. The number of rotatable bonds is 4. The monoisotopic (exact) mass is 334 g/mol. The zero-order valence-corrected chi connectivity index (χ0v) is 14.7. The highest BCUT2D eigenvalue weighted by Crippen LogP contribution is 2.32. The van der Waals surface area contributed by atoms with Crippen molar-refractivity contribution in [1.29, 1.82) is 0 Å². The van der Waals surface area contributed by atoms with Gasteiger partial charge in [0, 0.05) is 32.6 Å². The Hall–Kier alpha value is -1.50. The Bertz CT molecular complexity index is 529. The summed E-state index contributed by atoms with van der Waals surface area (Å²) in [5.41, 5.74) is 6.01. The summed E-state index contributed by atoms with van der Waals surface area (Å²) in [5.74, 6) is 2.05. The van der Waals surface area contributed by atoms with Crippen molar-refractivity contribution in [2.45, 2.75) is 57.3 Å². The summed E-state index contributed by atoms with van der Waals surface area (Å²) >= 11 is 0. The van der Waals surface area contributed by atoms with Crippen LogP contribution in [0.2, 0.25) is 0 Å². The molecule has 0 spiro atoms. The van der Waals surface area contributed by atoms with Crippen LogP contribution in [0.3, 0.4) is 0 Å². The average molecular weight is 334 g/mol. The number of likely N-dealkylation sites (tertiary alicyclic amines) is 1.